The molecule has 0 fully saturated rings. The van der Waals surface area contributed by atoms with E-state index in [1.54, 1.807) is 36.4 Å². The van der Waals surface area contributed by atoms with Crippen LogP contribution in [0.4, 0.5) is 11.4 Å². The molecular weight excluding hydrogens is 320 g/mol. The van der Waals surface area contributed by atoms with E-state index in [-0.39, 0.29) is 18.0 Å². The number of aliphatic hydroxyl groups excluding tert-OH is 1. The Morgan fingerprint density at radius 2 is 1.96 bits per heavy atom. The first-order valence-electron chi connectivity index (χ1n) is 7.56. The summed E-state index contributed by atoms with van der Waals surface area (Å²) < 4.78 is 5.32. The van der Waals surface area contributed by atoms with Crippen molar-refractivity contribution in [2.24, 2.45) is 4.99 Å². The number of nitrogens with two attached hydrogens (primary N) is 1. The number of nitrogens with zero attached hydrogens (tertiary/aromatic N) is 1. The van der Waals surface area contributed by atoms with Crippen molar-refractivity contribution in [3.8, 4) is 5.75 Å². The average Bonchev–Trinajstić information content (AvgIpc) is 2.64. The molecule has 126 valence electrons. The normalized spacial score (nSPS) is 14.9. The Morgan fingerprint density at radius 3 is 2.60 bits per heavy atom. The molecule has 0 atom stereocenters. The number of carbonyl (C=O) groups excluding carboxylic acids is 2. The summed E-state index contributed by atoms with van der Waals surface area (Å²) in [5.41, 5.74) is 8.62. The van der Waals surface area contributed by atoms with Crippen molar-refractivity contribution in [2.75, 3.05) is 12.8 Å². The number of ether oxygens (including phenoxy) is 1. The minimum absolute atomic E-state index is 0.0254. The van der Waals surface area contributed by atoms with E-state index < -0.39 is 0 Å². The molecule has 2 aromatic rings. The number of hydrogen-bond donors (Lipinski definition) is 2. The number of ketones is 1. The van der Waals surface area contributed by atoms with Gasteiger partial charge >= 0.3 is 0 Å². The predicted octanol–water partition coefficient (Wildman–Crippen LogP) is 2.21. The van der Waals surface area contributed by atoms with Crippen LogP contribution in [0.5, 0.6) is 5.75 Å². The maximum atomic E-state index is 12.3. The number of hydrogen-bond acceptors (Lipinski definition) is 6. The molecule has 1 aliphatic carbocycles. The van der Waals surface area contributed by atoms with E-state index in [4.69, 9.17) is 10.5 Å². The molecule has 2 aromatic carbocycles. The SMILES string of the molecule is COc1cc(N)cc(CO)c1N=C1C=C(C=O)C(=O)c2ccccc21. The van der Waals surface area contributed by atoms with Crippen LogP contribution in [0.1, 0.15) is 21.5 Å². The molecule has 0 aliphatic heterocycles. The number of benzene rings is 2. The number of Topliss-reactive ketones (excluding diaryl/α,β-unsaturated/α-hetero) is 1. The van der Waals surface area contributed by atoms with Gasteiger partial charge in [-0.15, -0.1) is 0 Å². The largest absolute Gasteiger partial charge is 0.494 e. The molecular formula is C19H16N2O4. The van der Waals surface area contributed by atoms with Crippen LogP contribution in [-0.2, 0) is 11.4 Å². The first-order chi connectivity index (χ1) is 12.1. The van der Waals surface area contributed by atoms with Crippen molar-refractivity contribution < 1.29 is 19.4 Å². The molecule has 0 heterocycles. The number of anilines is 1. The van der Waals surface area contributed by atoms with Crippen LogP contribution >= 0.6 is 0 Å². The van der Waals surface area contributed by atoms with Gasteiger partial charge in [0.25, 0.3) is 0 Å². The quantitative estimate of drug-likeness (QED) is 0.506. The standard InChI is InChI=1S/C19H16N2O4/c1-25-17-8-13(20)6-11(9-22)18(17)21-16-7-12(10-23)19(24)15-5-3-2-4-14(15)16/h2-8,10,22H,9,20H2,1H3. The monoisotopic (exact) mass is 336 g/mol. The summed E-state index contributed by atoms with van der Waals surface area (Å²) in [6, 6.07) is 10.1. The molecule has 0 saturated heterocycles. The number of aliphatic imine (C=N–C) groups is 1. The molecule has 0 amide bonds. The highest BCUT2D eigenvalue weighted by Crippen LogP contribution is 2.35. The minimum Gasteiger partial charge on any atom is -0.494 e. The Kier molecular flexibility index (Phi) is 4.45. The number of allylic oxidation sites excluding steroid dienone is 2. The highest BCUT2D eigenvalue weighted by Gasteiger charge is 2.24. The van der Waals surface area contributed by atoms with Crippen LogP contribution in [0.25, 0.3) is 0 Å². The van der Waals surface area contributed by atoms with Gasteiger partial charge in [0.1, 0.15) is 11.4 Å². The molecule has 0 saturated carbocycles. The summed E-state index contributed by atoms with van der Waals surface area (Å²) in [5, 5.41) is 9.62. The lowest BCUT2D eigenvalue weighted by Gasteiger charge is -2.16. The molecule has 0 unspecified atom stereocenters. The Bertz CT molecular complexity index is 904. The maximum absolute atomic E-state index is 12.3. The Hall–Kier alpha value is -3.25. The highest BCUT2D eigenvalue weighted by atomic mass is 16.5. The number of aldehydes is 1. The van der Waals surface area contributed by atoms with Gasteiger partial charge < -0.3 is 15.6 Å². The number of rotatable bonds is 4. The van der Waals surface area contributed by atoms with E-state index in [0.29, 0.717) is 45.8 Å². The van der Waals surface area contributed by atoms with Crippen LogP contribution in [-0.4, -0.2) is 30.0 Å². The first-order valence-corrected chi connectivity index (χ1v) is 7.56. The van der Waals surface area contributed by atoms with E-state index in [9.17, 15) is 14.7 Å². The second-order valence-corrected chi connectivity index (χ2v) is 5.48. The van der Waals surface area contributed by atoms with E-state index >= 15 is 0 Å². The summed E-state index contributed by atoms with van der Waals surface area (Å²) >= 11 is 0. The Balaban J connectivity index is 2.27. The molecule has 0 bridgehead atoms. The molecule has 0 radical (unpaired) electrons. The lowest BCUT2D eigenvalue weighted by Crippen LogP contribution is -2.18. The van der Waals surface area contributed by atoms with Crippen LogP contribution in [0, 0.1) is 0 Å². The van der Waals surface area contributed by atoms with Crippen LogP contribution < -0.4 is 10.5 Å². The zero-order valence-electron chi connectivity index (χ0n) is 13.5. The molecule has 6 nitrogen and oxygen atoms in total. The second kappa shape index (κ2) is 6.70. The summed E-state index contributed by atoms with van der Waals surface area (Å²) in [6.45, 7) is -0.279. The molecule has 0 aromatic heterocycles. The van der Waals surface area contributed by atoms with Gasteiger partial charge in [-0.1, -0.05) is 24.3 Å². The van der Waals surface area contributed by atoms with E-state index in [2.05, 4.69) is 4.99 Å². The maximum Gasteiger partial charge on any atom is 0.197 e. The van der Waals surface area contributed by atoms with Crippen LogP contribution in [0.3, 0.4) is 0 Å². The predicted molar refractivity (Wildman–Crippen MR) is 94.4 cm³/mol. The Morgan fingerprint density at radius 1 is 1.24 bits per heavy atom. The topological polar surface area (TPSA) is 102 Å². The summed E-state index contributed by atoms with van der Waals surface area (Å²) in [7, 11) is 1.48. The summed E-state index contributed by atoms with van der Waals surface area (Å²) in [6.07, 6.45) is 1.95. The number of carbonyl (C=O) groups is 2. The molecule has 3 rings (SSSR count). The van der Waals surface area contributed by atoms with E-state index in [1.807, 2.05) is 0 Å². The van der Waals surface area contributed by atoms with E-state index in [1.165, 1.54) is 13.2 Å². The van der Waals surface area contributed by atoms with Gasteiger partial charge in [0.15, 0.2) is 12.1 Å². The molecule has 6 heteroatoms. The van der Waals surface area contributed by atoms with Gasteiger partial charge in [-0.05, 0) is 12.1 Å². The molecule has 1 aliphatic rings. The van der Waals surface area contributed by atoms with Gasteiger partial charge in [-0.2, -0.15) is 0 Å². The van der Waals surface area contributed by atoms with Crippen LogP contribution in [0.15, 0.2) is 53.0 Å². The van der Waals surface area contributed by atoms with Crippen LogP contribution in [0.2, 0.25) is 0 Å². The van der Waals surface area contributed by atoms with Gasteiger partial charge in [0.05, 0.1) is 25.0 Å². The molecule has 0 spiro atoms. The summed E-state index contributed by atoms with van der Waals surface area (Å²) in [5.74, 6) is 0.0585. The Labute approximate surface area is 144 Å². The third-order valence-electron chi connectivity index (χ3n) is 3.93. The lowest BCUT2D eigenvalue weighted by molar-refractivity contribution is -0.104. The molecule has 25 heavy (non-hydrogen) atoms. The highest BCUT2D eigenvalue weighted by molar-refractivity contribution is 6.32. The lowest BCUT2D eigenvalue weighted by atomic mass is 9.89. The smallest absolute Gasteiger partial charge is 0.197 e. The van der Waals surface area contributed by atoms with Crippen molar-refractivity contribution in [3.05, 3.63) is 64.7 Å². The van der Waals surface area contributed by atoms with Gasteiger partial charge in [-0.25, -0.2) is 4.99 Å². The van der Waals surface area contributed by atoms with Crippen molar-refractivity contribution in [2.45, 2.75) is 6.61 Å². The van der Waals surface area contributed by atoms with Gasteiger partial charge in [0.2, 0.25) is 0 Å². The van der Waals surface area contributed by atoms with Crippen molar-refractivity contribution >= 4 is 29.2 Å². The summed E-state index contributed by atoms with van der Waals surface area (Å²) in [4.78, 5) is 28.1. The zero-order chi connectivity index (χ0) is 18.0. The third-order valence-corrected chi connectivity index (χ3v) is 3.93. The van der Waals surface area contributed by atoms with Crippen molar-refractivity contribution in [1.82, 2.24) is 0 Å². The molecule has 3 N–H and O–H groups in total. The second-order valence-electron chi connectivity index (χ2n) is 5.48. The zero-order valence-corrected chi connectivity index (χ0v) is 13.5. The number of aliphatic hydroxyl groups is 1. The number of nitrogen functional groups attached to an aromatic ring is 1. The number of methoxy groups -OCH3 is 1. The number of fused-ring (bicyclic) bond motifs is 1. The fourth-order valence-electron chi connectivity index (χ4n) is 2.74. The fraction of sp³-hybridized carbons (Fsp3) is 0.105. The van der Waals surface area contributed by atoms with Gasteiger partial charge in [-0.3, -0.25) is 9.59 Å². The third kappa shape index (κ3) is 2.95. The fourth-order valence-corrected chi connectivity index (χ4v) is 2.74. The van der Waals surface area contributed by atoms with Crippen molar-refractivity contribution in [1.29, 1.82) is 0 Å². The minimum atomic E-state index is -0.337. The van der Waals surface area contributed by atoms with Crippen molar-refractivity contribution in [3.63, 3.8) is 0 Å². The average molecular weight is 336 g/mol. The van der Waals surface area contributed by atoms with E-state index in [0.717, 1.165) is 0 Å². The van der Waals surface area contributed by atoms with Gasteiger partial charge in [0, 0.05) is 28.4 Å². The first kappa shape index (κ1) is 16.6.